The molecule has 0 N–H and O–H groups in total. The van der Waals surface area contributed by atoms with Crippen molar-refractivity contribution < 1.29 is 12.6 Å². The first-order valence-electron chi connectivity index (χ1n) is 6.29. The van der Waals surface area contributed by atoms with Crippen molar-refractivity contribution in [2.75, 3.05) is 0 Å². The van der Waals surface area contributed by atoms with Gasteiger partial charge in [0.2, 0.25) is 0 Å². The molecule has 0 fully saturated rings. The molecule has 3 nitrogen and oxygen atoms in total. The highest BCUT2D eigenvalue weighted by molar-refractivity contribution is 7.87. The summed E-state index contributed by atoms with van der Waals surface area (Å²) in [6.45, 7) is 3.62. The van der Waals surface area contributed by atoms with Gasteiger partial charge in [0.25, 0.3) is 0 Å². The van der Waals surface area contributed by atoms with Gasteiger partial charge in [-0.25, -0.2) is 0 Å². The van der Waals surface area contributed by atoms with E-state index < -0.39 is 10.1 Å². The van der Waals surface area contributed by atoms with E-state index in [9.17, 15) is 8.42 Å². The summed E-state index contributed by atoms with van der Waals surface area (Å²) in [5.74, 6) is 0. The lowest BCUT2D eigenvalue weighted by Gasteiger charge is -2.08. The fourth-order valence-electron chi connectivity index (χ4n) is 2.03. The molecule has 20 heavy (non-hydrogen) atoms. The van der Waals surface area contributed by atoms with Gasteiger partial charge < -0.3 is 4.18 Å². The van der Waals surface area contributed by atoms with Crippen molar-refractivity contribution in [3.63, 3.8) is 0 Å². The van der Waals surface area contributed by atoms with Crippen LogP contribution >= 0.6 is 0 Å². The lowest BCUT2D eigenvalue weighted by Crippen LogP contribution is -2.03. The summed E-state index contributed by atoms with van der Waals surface area (Å²) in [5, 5.41) is 1.54. The highest BCUT2D eigenvalue weighted by Crippen LogP contribution is 2.27. The molecule has 0 saturated heterocycles. The third-order valence-electron chi connectivity index (χ3n) is 2.85. The number of hydrogen-bond donors (Lipinski definition) is 0. The summed E-state index contributed by atoms with van der Waals surface area (Å²) < 4.78 is 29.2. The molecule has 2 aromatic rings. The van der Waals surface area contributed by atoms with Gasteiger partial charge >= 0.3 is 10.1 Å². The van der Waals surface area contributed by atoms with Crippen LogP contribution in [0.25, 0.3) is 16.8 Å². The first-order valence-corrected chi connectivity index (χ1v) is 7.70. The standard InChI is InChI=1S/C16H16O3S/c1-3-7-13-8-5-10-15-14(13)9-6-11-16(15)20(17,18)19-12-4-2/h3-12H,1-2H3. The normalized spacial score (nSPS) is 12.5. The van der Waals surface area contributed by atoms with Crippen LogP contribution in [0.1, 0.15) is 19.4 Å². The van der Waals surface area contributed by atoms with Gasteiger partial charge in [0.1, 0.15) is 11.2 Å². The number of rotatable bonds is 4. The quantitative estimate of drug-likeness (QED) is 0.628. The van der Waals surface area contributed by atoms with E-state index in [0.29, 0.717) is 5.39 Å². The van der Waals surface area contributed by atoms with Gasteiger partial charge in [0.15, 0.2) is 0 Å². The van der Waals surface area contributed by atoms with Gasteiger partial charge in [-0.2, -0.15) is 8.42 Å². The second-order valence-corrected chi connectivity index (χ2v) is 5.76. The minimum atomic E-state index is -3.79. The van der Waals surface area contributed by atoms with E-state index in [4.69, 9.17) is 4.18 Å². The monoisotopic (exact) mass is 288 g/mol. The van der Waals surface area contributed by atoms with Crippen molar-refractivity contribution in [1.82, 2.24) is 0 Å². The lowest BCUT2D eigenvalue weighted by molar-refractivity contribution is 0.443. The zero-order chi connectivity index (χ0) is 14.6. The second-order valence-electron chi connectivity index (χ2n) is 4.22. The first kappa shape index (κ1) is 14.3. The van der Waals surface area contributed by atoms with Crippen molar-refractivity contribution in [2.45, 2.75) is 18.7 Å². The summed E-state index contributed by atoms with van der Waals surface area (Å²) in [6.07, 6.45) is 6.58. The molecule has 0 amide bonds. The van der Waals surface area contributed by atoms with Gasteiger partial charge in [-0.05, 0) is 30.9 Å². The summed E-state index contributed by atoms with van der Waals surface area (Å²) in [6, 6.07) is 10.8. The molecule has 0 heterocycles. The number of hydrogen-bond acceptors (Lipinski definition) is 3. The van der Waals surface area contributed by atoms with Gasteiger partial charge in [-0.1, -0.05) is 48.6 Å². The lowest BCUT2D eigenvalue weighted by atomic mass is 10.0. The minimum absolute atomic E-state index is 0.180. The molecule has 0 atom stereocenters. The van der Waals surface area contributed by atoms with Crippen molar-refractivity contribution in [3.8, 4) is 0 Å². The van der Waals surface area contributed by atoms with Gasteiger partial charge in [0.05, 0.1) is 0 Å². The average Bonchev–Trinajstić information content (AvgIpc) is 2.45. The molecule has 0 aliphatic rings. The fourth-order valence-corrected chi connectivity index (χ4v) is 3.08. The van der Waals surface area contributed by atoms with Gasteiger partial charge in [0, 0.05) is 5.39 Å². The Morgan fingerprint density at radius 1 is 0.950 bits per heavy atom. The molecule has 2 aromatic carbocycles. The van der Waals surface area contributed by atoms with E-state index in [1.807, 2.05) is 37.3 Å². The Morgan fingerprint density at radius 2 is 1.65 bits per heavy atom. The maximum Gasteiger partial charge on any atom is 0.339 e. The smallest absolute Gasteiger partial charge is 0.339 e. The predicted molar refractivity (Wildman–Crippen MR) is 81.7 cm³/mol. The number of benzene rings is 2. The molecular formula is C16H16O3S. The summed E-state index contributed by atoms with van der Waals surface area (Å²) in [5.41, 5.74) is 0.980. The van der Waals surface area contributed by atoms with Crippen LogP contribution in [0.15, 0.2) is 59.7 Å². The molecule has 104 valence electrons. The van der Waals surface area contributed by atoms with Crippen LogP contribution in [0.2, 0.25) is 0 Å². The Bertz CT molecular complexity index is 771. The molecule has 0 saturated carbocycles. The Balaban J connectivity index is 2.70. The molecule has 0 aliphatic carbocycles. The van der Waals surface area contributed by atoms with Crippen LogP contribution in [-0.2, 0) is 14.3 Å². The molecule has 2 rings (SSSR count). The Labute approximate surface area is 119 Å². The Hall–Kier alpha value is -2.07. The third-order valence-corrected chi connectivity index (χ3v) is 4.11. The Morgan fingerprint density at radius 3 is 2.35 bits per heavy atom. The third kappa shape index (κ3) is 2.75. The Kier molecular flexibility index (Phi) is 4.25. The van der Waals surface area contributed by atoms with Crippen molar-refractivity contribution in [3.05, 3.63) is 60.4 Å². The SMILES string of the molecule is CC=COS(=O)(=O)c1cccc2c(C=CC)cccc12. The predicted octanol–water partition coefficient (Wildman–Crippen LogP) is 4.11. The highest BCUT2D eigenvalue weighted by Gasteiger charge is 2.18. The number of allylic oxidation sites excluding steroid dienone is 2. The summed E-state index contributed by atoms with van der Waals surface area (Å²) in [4.78, 5) is 0.180. The van der Waals surface area contributed by atoms with E-state index in [1.54, 1.807) is 25.1 Å². The van der Waals surface area contributed by atoms with E-state index >= 15 is 0 Å². The average molecular weight is 288 g/mol. The van der Waals surface area contributed by atoms with Crippen LogP contribution in [0, 0.1) is 0 Å². The van der Waals surface area contributed by atoms with Gasteiger partial charge in [-0.15, -0.1) is 0 Å². The highest BCUT2D eigenvalue weighted by atomic mass is 32.2. The maximum atomic E-state index is 12.2. The maximum absolute atomic E-state index is 12.2. The van der Waals surface area contributed by atoms with Crippen molar-refractivity contribution in [2.24, 2.45) is 0 Å². The van der Waals surface area contributed by atoms with Crippen LogP contribution in [-0.4, -0.2) is 8.42 Å². The molecular weight excluding hydrogens is 272 g/mol. The molecule has 0 unspecified atom stereocenters. The largest absolute Gasteiger partial charge is 0.387 e. The van der Waals surface area contributed by atoms with E-state index in [1.165, 1.54) is 12.3 Å². The topological polar surface area (TPSA) is 43.4 Å². The molecule has 0 aliphatic heterocycles. The van der Waals surface area contributed by atoms with Crippen LogP contribution in [0.3, 0.4) is 0 Å². The van der Waals surface area contributed by atoms with E-state index in [2.05, 4.69) is 0 Å². The minimum Gasteiger partial charge on any atom is -0.387 e. The summed E-state index contributed by atoms with van der Waals surface area (Å²) in [7, 11) is -3.79. The number of fused-ring (bicyclic) bond motifs is 1. The molecule has 0 radical (unpaired) electrons. The van der Waals surface area contributed by atoms with Gasteiger partial charge in [-0.3, -0.25) is 0 Å². The fraction of sp³-hybridized carbons (Fsp3) is 0.125. The van der Waals surface area contributed by atoms with Crippen LogP contribution in [0.5, 0.6) is 0 Å². The van der Waals surface area contributed by atoms with Crippen LogP contribution in [0.4, 0.5) is 0 Å². The zero-order valence-electron chi connectivity index (χ0n) is 11.4. The summed E-state index contributed by atoms with van der Waals surface area (Å²) >= 11 is 0. The van der Waals surface area contributed by atoms with Crippen molar-refractivity contribution in [1.29, 1.82) is 0 Å². The zero-order valence-corrected chi connectivity index (χ0v) is 12.2. The molecule has 4 heteroatoms. The molecule has 0 bridgehead atoms. The van der Waals surface area contributed by atoms with E-state index in [0.717, 1.165) is 10.9 Å². The molecule has 0 aromatic heterocycles. The second kappa shape index (κ2) is 5.92. The van der Waals surface area contributed by atoms with E-state index in [-0.39, 0.29) is 4.90 Å². The van der Waals surface area contributed by atoms with Crippen LogP contribution < -0.4 is 0 Å². The first-order chi connectivity index (χ1) is 9.60. The molecule has 0 spiro atoms. The van der Waals surface area contributed by atoms with Crippen molar-refractivity contribution >= 4 is 27.0 Å².